The molecule has 0 bridgehead atoms. The van der Waals surface area contributed by atoms with Gasteiger partial charge in [-0.2, -0.15) is 5.10 Å². The van der Waals surface area contributed by atoms with E-state index in [1.54, 1.807) is 0 Å². The predicted octanol–water partition coefficient (Wildman–Crippen LogP) is 2.96. The summed E-state index contributed by atoms with van der Waals surface area (Å²) in [6.07, 6.45) is 3.21. The number of aromatic nitrogens is 2. The Morgan fingerprint density at radius 3 is 3.00 bits per heavy atom. The van der Waals surface area contributed by atoms with Crippen molar-refractivity contribution in [2.24, 2.45) is 0 Å². The molecule has 21 heavy (non-hydrogen) atoms. The van der Waals surface area contributed by atoms with Gasteiger partial charge in [-0.25, -0.2) is 0 Å². The molecule has 112 valence electrons. The monoisotopic (exact) mass is 284 g/mol. The minimum atomic E-state index is 0.469. The lowest BCUT2D eigenvalue weighted by atomic mass is 10.1. The summed E-state index contributed by atoms with van der Waals surface area (Å²) < 4.78 is 2.08. The number of hydrogen-bond donors (Lipinski definition) is 1. The van der Waals surface area contributed by atoms with Crippen LogP contribution in [0.5, 0.6) is 0 Å². The maximum atomic E-state index is 4.73. The predicted molar refractivity (Wildman–Crippen MR) is 86.4 cm³/mol. The van der Waals surface area contributed by atoms with Gasteiger partial charge in [0.15, 0.2) is 0 Å². The van der Waals surface area contributed by atoms with E-state index in [1.165, 1.54) is 11.3 Å². The molecule has 0 aliphatic carbocycles. The van der Waals surface area contributed by atoms with E-state index in [-0.39, 0.29) is 0 Å². The smallest absolute Gasteiger partial charge is 0.0817 e. The maximum Gasteiger partial charge on any atom is 0.0817 e. The van der Waals surface area contributed by atoms with E-state index >= 15 is 0 Å². The van der Waals surface area contributed by atoms with E-state index in [1.807, 2.05) is 0 Å². The normalized spacial score (nSPS) is 16.4. The Labute approximate surface area is 126 Å². The van der Waals surface area contributed by atoms with Crippen molar-refractivity contribution in [1.82, 2.24) is 15.1 Å². The third kappa shape index (κ3) is 3.10. The van der Waals surface area contributed by atoms with Gasteiger partial charge >= 0.3 is 0 Å². The van der Waals surface area contributed by atoms with Gasteiger partial charge in [0, 0.05) is 37.6 Å². The molecule has 1 aromatic carbocycles. The first-order valence-corrected chi connectivity index (χ1v) is 7.85. The van der Waals surface area contributed by atoms with Crippen LogP contribution in [0.4, 0.5) is 5.69 Å². The molecule has 0 fully saturated rings. The van der Waals surface area contributed by atoms with E-state index in [9.17, 15) is 0 Å². The van der Waals surface area contributed by atoms with Crippen LogP contribution in [-0.2, 0) is 13.1 Å². The number of nitrogens with zero attached hydrogens (tertiary/aromatic N) is 3. The number of benzene rings is 1. The van der Waals surface area contributed by atoms with Crippen molar-refractivity contribution in [3.63, 3.8) is 0 Å². The second kappa shape index (κ2) is 6.31. The van der Waals surface area contributed by atoms with Gasteiger partial charge in [-0.3, -0.25) is 4.68 Å². The van der Waals surface area contributed by atoms with Crippen LogP contribution in [-0.4, -0.2) is 22.9 Å². The standard InChI is InChI=1S/C17H24N4/c1-3-14(2)21-10-8-16(19-21)13-20-11-9-18-12-15-6-4-5-7-17(15)20/h4-8,10,14,18H,3,9,11-13H2,1-2H3. The van der Waals surface area contributed by atoms with Crippen molar-refractivity contribution in [2.75, 3.05) is 18.0 Å². The molecule has 2 aromatic rings. The molecule has 1 atom stereocenters. The number of fused-ring (bicyclic) bond motifs is 1. The summed E-state index contributed by atoms with van der Waals surface area (Å²) in [6.45, 7) is 8.27. The average Bonchev–Trinajstić information content (AvgIpc) is 2.89. The molecule has 1 aliphatic rings. The Kier molecular flexibility index (Phi) is 4.25. The first kappa shape index (κ1) is 14.1. The zero-order valence-corrected chi connectivity index (χ0v) is 12.9. The number of nitrogens with one attached hydrogen (secondary N) is 1. The molecule has 0 saturated heterocycles. The van der Waals surface area contributed by atoms with Crippen LogP contribution in [0.25, 0.3) is 0 Å². The van der Waals surface area contributed by atoms with Crippen LogP contribution >= 0.6 is 0 Å². The Morgan fingerprint density at radius 2 is 2.14 bits per heavy atom. The lowest BCUT2D eigenvalue weighted by molar-refractivity contribution is 0.473. The lowest BCUT2D eigenvalue weighted by Crippen LogP contribution is -2.28. The van der Waals surface area contributed by atoms with Gasteiger partial charge in [-0.15, -0.1) is 0 Å². The molecule has 3 rings (SSSR count). The van der Waals surface area contributed by atoms with Crippen LogP contribution < -0.4 is 10.2 Å². The van der Waals surface area contributed by atoms with E-state index < -0.39 is 0 Å². The Bertz CT molecular complexity index is 590. The van der Waals surface area contributed by atoms with E-state index in [4.69, 9.17) is 5.10 Å². The van der Waals surface area contributed by atoms with Gasteiger partial charge in [0.1, 0.15) is 0 Å². The van der Waals surface area contributed by atoms with Crippen molar-refractivity contribution in [1.29, 1.82) is 0 Å². The topological polar surface area (TPSA) is 33.1 Å². The highest BCUT2D eigenvalue weighted by atomic mass is 15.3. The third-order valence-electron chi connectivity index (χ3n) is 4.27. The maximum absolute atomic E-state index is 4.73. The second-order valence-electron chi connectivity index (χ2n) is 5.77. The first-order chi connectivity index (χ1) is 10.3. The highest BCUT2D eigenvalue weighted by Gasteiger charge is 2.16. The summed E-state index contributed by atoms with van der Waals surface area (Å²) in [5, 5.41) is 8.22. The van der Waals surface area contributed by atoms with Crippen molar-refractivity contribution in [3.05, 3.63) is 47.8 Å². The Balaban J connectivity index is 1.79. The fourth-order valence-corrected chi connectivity index (χ4v) is 2.78. The SMILES string of the molecule is CCC(C)n1ccc(CN2CCNCc3ccccc32)n1. The molecule has 1 aliphatic heterocycles. The molecule has 1 aromatic heterocycles. The first-order valence-electron chi connectivity index (χ1n) is 7.85. The number of anilines is 1. The molecule has 2 heterocycles. The molecule has 0 amide bonds. The summed E-state index contributed by atoms with van der Waals surface area (Å²) in [6, 6.07) is 11.3. The molecule has 4 heteroatoms. The minimum Gasteiger partial charge on any atom is -0.364 e. The highest BCUT2D eigenvalue weighted by molar-refractivity contribution is 5.54. The quantitative estimate of drug-likeness (QED) is 0.937. The largest absolute Gasteiger partial charge is 0.364 e. The van der Waals surface area contributed by atoms with Crippen molar-refractivity contribution >= 4 is 5.69 Å². The number of hydrogen-bond acceptors (Lipinski definition) is 3. The van der Waals surface area contributed by atoms with Gasteiger partial charge in [0.05, 0.1) is 12.2 Å². The minimum absolute atomic E-state index is 0.469. The Morgan fingerprint density at radius 1 is 1.29 bits per heavy atom. The molecule has 0 spiro atoms. The molecular weight excluding hydrogens is 260 g/mol. The van der Waals surface area contributed by atoms with Crippen LogP contribution in [0.15, 0.2) is 36.5 Å². The van der Waals surface area contributed by atoms with Crippen molar-refractivity contribution in [3.8, 4) is 0 Å². The zero-order chi connectivity index (χ0) is 14.7. The summed E-state index contributed by atoms with van der Waals surface area (Å²) >= 11 is 0. The fraction of sp³-hybridized carbons (Fsp3) is 0.471. The van der Waals surface area contributed by atoms with Crippen molar-refractivity contribution < 1.29 is 0 Å². The van der Waals surface area contributed by atoms with E-state index in [0.29, 0.717) is 6.04 Å². The van der Waals surface area contributed by atoms with Crippen LogP contribution in [0.2, 0.25) is 0 Å². The molecular formula is C17H24N4. The van der Waals surface area contributed by atoms with Crippen LogP contribution in [0.3, 0.4) is 0 Å². The molecule has 4 nitrogen and oxygen atoms in total. The molecule has 0 saturated carbocycles. The molecule has 1 unspecified atom stereocenters. The van der Waals surface area contributed by atoms with Gasteiger partial charge in [0.2, 0.25) is 0 Å². The number of para-hydroxylation sites is 1. The molecule has 0 radical (unpaired) electrons. The summed E-state index contributed by atoms with van der Waals surface area (Å²) in [5.41, 5.74) is 3.85. The van der Waals surface area contributed by atoms with Crippen molar-refractivity contribution in [2.45, 2.75) is 39.4 Å². The number of rotatable bonds is 4. The van der Waals surface area contributed by atoms with E-state index in [2.05, 4.69) is 65.3 Å². The average molecular weight is 284 g/mol. The van der Waals surface area contributed by atoms with Crippen LogP contribution in [0.1, 0.15) is 37.6 Å². The second-order valence-corrected chi connectivity index (χ2v) is 5.77. The van der Waals surface area contributed by atoms with Gasteiger partial charge < -0.3 is 10.2 Å². The summed E-state index contributed by atoms with van der Waals surface area (Å²) in [5.74, 6) is 0. The fourth-order valence-electron chi connectivity index (χ4n) is 2.78. The summed E-state index contributed by atoms with van der Waals surface area (Å²) in [4.78, 5) is 2.43. The third-order valence-corrected chi connectivity index (χ3v) is 4.27. The van der Waals surface area contributed by atoms with Gasteiger partial charge in [0.25, 0.3) is 0 Å². The summed E-state index contributed by atoms with van der Waals surface area (Å²) in [7, 11) is 0. The Hall–Kier alpha value is -1.81. The van der Waals surface area contributed by atoms with Gasteiger partial charge in [-0.1, -0.05) is 25.1 Å². The van der Waals surface area contributed by atoms with Crippen LogP contribution in [0, 0.1) is 0 Å². The lowest BCUT2D eigenvalue weighted by Gasteiger charge is -2.23. The molecule has 1 N–H and O–H groups in total. The highest BCUT2D eigenvalue weighted by Crippen LogP contribution is 2.23. The van der Waals surface area contributed by atoms with E-state index in [0.717, 1.165) is 38.3 Å². The van der Waals surface area contributed by atoms with Gasteiger partial charge in [-0.05, 0) is 31.0 Å². The zero-order valence-electron chi connectivity index (χ0n) is 12.9.